The highest BCUT2D eigenvalue weighted by Gasteiger charge is 2.26. The van der Waals surface area contributed by atoms with Crippen molar-refractivity contribution >= 4 is 6.03 Å². The molecule has 0 bridgehead atoms. The Kier molecular flexibility index (Phi) is 5.05. The van der Waals surface area contributed by atoms with Crippen LogP contribution in [0.4, 0.5) is 4.79 Å². The van der Waals surface area contributed by atoms with Gasteiger partial charge in [0.2, 0.25) is 0 Å². The summed E-state index contributed by atoms with van der Waals surface area (Å²) < 4.78 is 1.89. The number of aliphatic hydroxyl groups excluding tert-OH is 1. The van der Waals surface area contributed by atoms with Crippen LogP contribution in [0, 0.1) is 5.41 Å². The number of nitrogens with one attached hydrogen (secondary N) is 2. The number of carbonyl (C=O) groups is 1. The molecule has 1 aliphatic rings. The largest absolute Gasteiger partial charge is 0.391 e. The number of fused-ring (bicyclic) bond motifs is 1. The van der Waals surface area contributed by atoms with E-state index in [-0.39, 0.29) is 24.0 Å². The molecular formula is C15H27N5O2. The van der Waals surface area contributed by atoms with Crippen LogP contribution in [0.2, 0.25) is 0 Å². The molecule has 2 unspecified atom stereocenters. The lowest BCUT2D eigenvalue weighted by molar-refractivity contribution is 0.0648. The Bertz CT molecular complexity index is 520. The van der Waals surface area contributed by atoms with Gasteiger partial charge in [0.15, 0.2) is 5.82 Å². The first-order valence-electron chi connectivity index (χ1n) is 7.97. The van der Waals surface area contributed by atoms with Gasteiger partial charge in [-0.15, -0.1) is 0 Å². The zero-order valence-corrected chi connectivity index (χ0v) is 13.9. The van der Waals surface area contributed by atoms with E-state index in [4.69, 9.17) is 0 Å². The van der Waals surface area contributed by atoms with E-state index >= 15 is 0 Å². The summed E-state index contributed by atoms with van der Waals surface area (Å²) in [5, 5.41) is 20.1. The van der Waals surface area contributed by atoms with Gasteiger partial charge in [0.05, 0.1) is 12.1 Å². The summed E-state index contributed by atoms with van der Waals surface area (Å²) in [5.41, 5.74) is -0.256. The minimum Gasteiger partial charge on any atom is -0.391 e. The molecule has 7 heteroatoms. The van der Waals surface area contributed by atoms with Gasteiger partial charge in [-0.25, -0.2) is 14.5 Å². The number of aliphatic hydroxyl groups is 1. The minimum atomic E-state index is -0.583. The number of aryl methyl sites for hydroxylation is 2. The van der Waals surface area contributed by atoms with Gasteiger partial charge < -0.3 is 15.7 Å². The number of aromatic nitrogens is 3. The predicted molar refractivity (Wildman–Crippen MR) is 83.4 cm³/mol. The summed E-state index contributed by atoms with van der Waals surface area (Å²) in [6.45, 7) is 8.91. The zero-order chi connectivity index (χ0) is 16.3. The highest BCUT2D eigenvalue weighted by atomic mass is 16.3. The van der Waals surface area contributed by atoms with Crippen molar-refractivity contribution in [3.8, 4) is 0 Å². The maximum atomic E-state index is 12.0. The van der Waals surface area contributed by atoms with Crippen molar-refractivity contribution in [1.82, 2.24) is 25.4 Å². The molecule has 0 saturated carbocycles. The van der Waals surface area contributed by atoms with E-state index in [0.717, 1.165) is 37.5 Å². The van der Waals surface area contributed by atoms with Crippen molar-refractivity contribution in [2.45, 2.75) is 65.6 Å². The third kappa shape index (κ3) is 3.97. The van der Waals surface area contributed by atoms with Crippen LogP contribution in [0.3, 0.4) is 0 Å². The smallest absolute Gasteiger partial charge is 0.315 e. The highest BCUT2D eigenvalue weighted by molar-refractivity contribution is 5.74. The molecule has 22 heavy (non-hydrogen) atoms. The van der Waals surface area contributed by atoms with E-state index in [1.807, 2.05) is 32.4 Å². The Morgan fingerprint density at radius 1 is 1.50 bits per heavy atom. The van der Waals surface area contributed by atoms with E-state index in [1.165, 1.54) is 0 Å². The molecule has 2 rings (SSSR count). The number of hydrogen-bond donors (Lipinski definition) is 3. The quantitative estimate of drug-likeness (QED) is 0.783. The van der Waals surface area contributed by atoms with E-state index < -0.39 is 6.10 Å². The van der Waals surface area contributed by atoms with Crippen molar-refractivity contribution in [2.75, 3.05) is 6.54 Å². The fraction of sp³-hybridized carbons (Fsp3) is 0.800. The standard InChI is InChI=1S/C15H27N5O2/c1-5-12-18-13-10(7-6-8-20(13)19-12)17-14(22)16-9-11(21)15(2,3)4/h10-11,21H,5-9H2,1-4H3,(H2,16,17,22). The summed E-state index contributed by atoms with van der Waals surface area (Å²) in [6.07, 6.45) is 2.03. The van der Waals surface area contributed by atoms with Crippen LogP contribution >= 0.6 is 0 Å². The molecule has 1 aliphatic heterocycles. The summed E-state index contributed by atoms with van der Waals surface area (Å²) in [7, 11) is 0. The first kappa shape index (κ1) is 16.7. The van der Waals surface area contributed by atoms with Crippen LogP contribution < -0.4 is 10.6 Å². The Morgan fingerprint density at radius 3 is 2.86 bits per heavy atom. The summed E-state index contributed by atoms with van der Waals surface area (Å²) >= 11 is 0. The van der Waals surface area contributed by atoms with Crippen molar-refractivity contribution in [3.63, 3.8) is 0 Å². The van der Waals surface area contributed by atoms with Crippen LogP contribution in [0.5, 0.6) is 0 Å². The predicted octanol–water partition coefficient (Wildman–Crippen LogP) is 1.38. The molecule has 7 nitrogen and oxygen atoms in total. The molecule has 0 aliphatic carbocycles. The second kappa shape index (κ2) is 6.64. The van der Waals surface area contributed by atoms with E-state index in [2.05, 4.69) is 20.7 Å². The summed E-state index contributed by atoms with van der Waals surface area (Å²) in [6, 6.07) is -0.392. The molecule has 2 heterocycles. The van der Waals surface area contributed by atoms with Gasteiger partial charge >= 0.3 is 6.03 Å². The number of hydrogen-bond acceptors (Lipinski definition) is 4. The monoisotopic (exact) mass is 309 g/mol. The molecule has 2 amide bonds. The Hall–Kier alpha value is -1.63. The zero-order valence-electron chi connectivity index (χ0n) is 13.9. The first-order valence-corrected chi connectivity index (χ1v) is 7.97. The molecular weight excluding hydrogens is 282 g/mol. The number of rotatable bonds is 4. The van der Waals surface area contributed by atoms with E-state index in [1.54, 1.807) is 0 Å². The molecule has 0 radical (unpaired) electrons. The lowest BCUT2D eigenvalue weighted by atomic mass is 9.89. The highest BCUT2D eigenvalue weighted by Crippen LogP contribution is 2.23. The number of nitrogens with zero attached hydrogens (tertiary/aromatic N) is 3. The van der Waals surface area contributed by atoms with E-state index in [0.29, 0.717) is 0 Å². The molecule has 1 aromatic rings. The first-order chi connectivity index (χ1) is 10.3. The van der Waals surface area contributed by atoms with Gasteiger partial charge in [-0.3, -0.25) is 0 Å². The van der Waals surface area contributed by atoms with Gasteiger partial charge in [0.25, 0.3) is 0 Å². The van der Waals surface area contributed by atoms with Crippen LogP contribution in [0.15, 0.2) is 0 Å². The fourth-order valence-electron chi connectivity index (χ4n) is 2.39. The van der Waals surface area contributed by atoms with Crippen LogP contribution in [0.25, 0.3) is 0 Å². The van der Waals surface area contributed by atoms with Crippen molar-refractivity contribution < 1.29 is 9.90 Å². The molecule has 0 fully saturated rings. The van der Waals surface area contributed by atoms with E-state index in [9.17, 15) is 9.90 Å². The average molecular weight is 309 g/mol. The molecule has 1 aromatic heterocycles. The van der Waals surface area contributed by atoms with Gasteiger partial charge in [0, 0.05) is 19.5 Å². The number of amides is 2. The maximum absolute atomic E-state index is 12.0. The average Bonchev–Trinajstić information content (AvgIpc) is 2.88. The second-order valence-electron chi connectivity index (χ2n) is 6.89. The minimum absolute atomic E-state index is 0.117. The Morgan fingerprint density at radius 2 is 2.23 bits per heavy atom. The van der Waals surface area contributed by atoms with Crippen molar-refractivity contribution in [1.29, 1.82) is 0 Å². The summed E-state index contributed by atoms with van der Waals surface area (Å²) in [4.78, 5) is 16.5. The van der Waals surface area contributed by atoms with Crippen LogP contribution in [-0.4, -0.2) is 38.6 Å². The maximum Gasteiger partial charge on any atom is 0.315 e. The van der Waals surface area contributed by atoms with Crippen LogP contribution in [0.1, 0.15) is 58.2 Å². The molecule has 3 N–H and O–H groups in total. The third-order valence-electron chi connectivity index (χ3n) is 4.00. The van der Waals surface area contributed by atoms with Crippen molar-refractivity contribution in [2.24, 2.45) is 5.41 Å². The third-order valence-corrected chi connectivity index (χ3v) is 4.00. The van der Waals surface area contributed by atoms with Gasteiger partial charge in [-0.05, 0) is 18.3 Å². The molecule has 0 spiro atoms. The topological polar surface area (TPSA) is 92.1 Å². The number of urea groups is 1. The molecule has 0 aromatic carbocycles. The molecule has 124 valence electrons. The summed E-state index contributed by atoms with van der Waals surface area (Å²) in [5.74, 6) is 1.64. The SMILES string of the molecule is CCc1nc2n(n1)CCCC2NC(=O)NCC(O)C(C)(C)C. The lowest BCUT2D eigenvalue weighted by Gasteiger charge is -2.27. The number of carbonyl (C=O) groups excluding carboxylic acids is 1. The normalized spacial score (nSPS) is 19.4. The van der Waals surface area contributed by atoms with Gasteiger partial charge in [0.1, 0.15) is 5.82 Å². The lowest BCUT2D eigenvalue weighted by Crippen LogP contribution is -2.45. The fourth-order valence-corrected chi connectivity index (χ4v) is 2.39. The van der Waals surface area contributed by atoms with Crippen LogP contribution in [-0.2, 0) is 13.0 Å². The van der Waals surface area contributed by atoms with Gasteiger partial charge in [-0.1, -0.05) is 27.7 Å². The Labute approximate surface area is 131 Å². The van der Waals surface area contributed by atoms with Crippen molar-refractivity contribution in [3.05, 3.63) is 11.6 Å². The van der Waals surface area contributed by atoms with Gasteiger partial charge in [-0.2, -0.15) is 5.10 Å². The Balaban J connectivity index is 1.92. The molecule has 2 atom stereocenters. The second-order valence-corrected chi connectivity index (χ2v) is 6.89. The molecule has 0 saturated heterocycles.